The minimum Gasteiger partial charge on any atom is -0.354 e. The monoisotopic (exact) mass is 289 g/mol. The molecule has 116 valence electrons. The van der Waals surface area contributed by atoms with Crippen LogP contribution in [0.5, 0.6) is 0 Å². The smallest absolute Gasteiger partial charge is 0.237 e. The molecule has 21 heavy (non-hydrogen) atoms. The maximum absolute atomic E-state index is 12.1. The summed E-state index contributed by atoms with van der Waals surface area (Å²) in [6, 6.07) is 9.48. The first-order valence-electron chi connectivity index (χ1n) is 7.98. The van der Waals surface area contributed by atoms with Gasteiger partial charge in [0, 0.05) is 6.54 Å². The normalized spacial score (nSPS) is 18.4. The fraction of sp³-hybridized carbons (Fsp3) is 0.588. The number of piperidine rings is 1. The molecule has 1 fully saturated rings. The molecule has 1 heterocycles. The lowest BCUT2D eigenvalue weighted by Gasteiger charge is -2.31. The molecule has 1 atom stereocenters. The van der Waals surface area contributed by atoms with Crippen LogP contribution in [0.2, 0.25) is 0 Å². The molecule has 3 N–H and O–H groups in total. The topological polar surface area (TPSA) is 58.4 Å². The van der Waals surface area contributed by atoms with E-state index in [1.54, 1.807) is 0 Å². The fourth-order valence-corrected chi connectivity index (χ4v) is 2.84. The zero-order chi connectivity index (χ0) is 15.1. The maximum atomic E-state index is 12.1. The number of carbonyl (C=O) groups excluding carboxylic acids is 1. The van der Waals surface area contributed by atoms with Gasteiger partial charge in [-0.05, 0) is 50.4 Å². The zero-order valence-electron chi connectivity index (χ0n) is 12.9. The van der Waals surface area contributed by atoms with E-state index in [0.29, 0.717) is 12.3 Å². The van der Waals surface area contributed by atoms with Crippen LogP contribution in [-0.2, 0) is 11.2 Å². The molecule has 0 saturated carbocycles. The second-order valence-corrected chi connectivity index (χ2v) is 5.92. The number of hydrogen-bond acceptors (Lipinski definition) is 3. The van der Waals surface area contributed by atoms with E-state index in [9.17, 15) is 4.79 Å². The quantitative estimate of drug-likeness (QED) is 0.832. The number of nitrogens with zero attached hydrogens (tertiary/aromatic N) is 1. The highest BCUT2D eigenvalue weighted by molar-refractivity contribution is 5.81. The number of amides is 1. The van der Waals surface area contributed by atoms with Crippen molar-refractivity contribution < 1.29 is 4.79 Å². The summed E-state index contributed by atoms with van der Waals surface area (Å²) in [5, 5.41) is 3.02. The van der Waals surface area contributed by atoms with E-state index in [2.05, 4.69) is 17.1 Å². The van der Waals surface area contributed by atoms with E-state index in [-0.39, 0.29) is 5.91 Å². The van der Waals surface area contributed by atoms with E-state index < -0.39 is 6.04 Å². The third kappa shape index (κ3) is 5.14. The van der Waals surface area contributed by atoms with Crippen LogP contribution in [0.3, 0.4) is 0 Å². The summed E-state index contributed by atoms with van der Waals surface area (Å²) in [6.45, 7) is 6.38. The lowest BCUT2D eigenvalue weighted by molar-refractivity contribution is -0.122. The molecule has 4 heteroatoms. The van der Waals surface area contributed by atoms with E-state index in [0.717, 1.165) is 31.7 Å². The van der Waals surface area contributed by atoms with Crippen molar-refractivity contribution in [3.63, 3.8) is 0 Å². The third-order valence-electron chi connectivity index (χ3n) is 4.35. The van der Waals surface area contributed by atoms with Crippen LogP contribution in [0.1, 0.15) is 25.3 Å². The predicted molar refractivity (Wildman–Crippen MR) is 86.0 cm³/mol. The van der Waals surface area contributed by atoms with Gasteiger partial charge in [0.25, 0.3) is 0 Å². The summed E-state index contributed by atoms with van der Waals surface area (Å²) in [5.74, 6) is 0.567. The number of nitrogens with one attached hydrogen (secondary N) is 1. The second kappa shape index (κ2) is 8.15. The van der Waals surface area contributed by atoms with E-state index in [1.165, 1.54) is 12.8 Å². The molecule has 4 nitrogen and oxygen atoms in total. The molecule has 1 aliphatic rings. The highest BCUT2D eigenvalue weighted by atomic mass is 16.2. The highest BCUT2D eigenvalue weighted by Crippen LogP contribution is 2.15. The van der Waals surface area contributed by atoms with Crippen molar-refractivity contribution in [2.75, 3.05) is 26.2 Å². The average molecular weight is 289 g/mol. The van der Waals surface area contributed by atoms with Gasteiger partial charge in [-0.2, -0.15) is 0 Å². The number of likely N-dealkylation sites (tertiary alicyclic amines) is 1. The number of carbonyl (C=O) groups is 1. The van der Waals surface area contributed by atoms with Gasteiger partial charge in [0.05, 0.1) is 6.04 Å². The first-order valence-corrected chi connectivity index (χ1v) is 7.98. The molecule has 0 unspecified atom stereocenters. The molecule has 1 saturated heterocycles. The van der Waals surface area contributed by atoms with Crippen LogP contribution < -0.4 is 11.1 Å². The molecular weight excluding hydrogens is 262 g/mol. The Labute approximate surface area is 127 Å². The Kier molecular flexibility index (Phi) is 6.21. The molecule has 0 aromatic heterocycles. The lowest BCUT2D eigenvalue weighted by atomic mass is 9.96. The van der Waals surface area contributed by atoms with E-state index in [1.807, 2.05) is 30.3 Å². The number of hydrogen-bond donors (Lipinski definition) is 2. The van der Waals surface area contributed by atoms with Gasteiger partial charge in [-0.3, -0.25) is 4.79 Å². The van der Waals surface area contributed by atoms with Gasteiger partial charge in [0.1, 0.15) is 0 Å². The average Bonchev–Trinajstić information content (AvgIpc) is 2.54. The summed E-state index contributed by atoms with van der Waals surface area (Å²) in [5.41, 5.74) is 7.10. The van der Waals surface area contributed by atoms with Gasteiger partial charge in [-0.1, -0.05) is 37.3 Å². The first-order chi connectivity index (χ1) is 10.2. The zero-order valence-corrected chi connectivity index (χ0v) is 12.9. The van der Waals surface area contributed by atoms with Crippen LogP contribution in [0.15, 0.2) is 30.3 Å². The molecule has 0 bridgehead atoms. The Morgan fingerprint density at radius 1 is 1.33 bits per heavy atom. The van der Waals surface area contributed by atoms with Crippen molar-refractivity contribution in [3.8, 4) is 0 Å². The summed E-state index contributed by atoms with van der Waals surface area (Å²) >= 11 is 0. The Hall–Kier alpha value is -1.39. The number of nitrogens with two attached hydrogens (primary N) is 1. The SMILES string of the molecule is CCN1CCC(CNC(=O)[C@@H](N)Cc2ccccc2)CC1. The van der Waals surface area contributed by atoms with Crippen molar-refractivity contribution in [2.24, 2.45) is 11.7 Å². The van der Waals surface area contributed by atoms with Gasteiger partial charge < -0.3 is 16.0 Å². The Morgan fingerprint density at radius 2 is 2.00 bits per heavy atom. The van der Waals surface area contributed by atoms with Crippen LogP contribution >= 0.6 is 0 Å². The van der Waals surface area contributed by atoms with Gasteiger partial charge in [0.2, 0.25) is 5.91 Å². The predicted octanol–water partition coefficient (Wildman–Crippen LogP) is 1.40. The molecule has 2 rings (SSSR count). The molecule has 0 aliphatic carbocycles. The van der Waals surface area contributed by atoms with Gasteiger partial charge in [0.15, 0.2) is 0 Å². The van der Waals surface area contributed by atoms with Crippen LogP contribution in [0.4, 0.5) is 0 Å². The summed E-state index contributed by atoms with van der Waals surface area (Å²) < 4.78 is 0. The Bertz CT molecular complexity index is 427. The molecule has 0 spiro atoms. The molecule has 1 aromatic carbocycles. The lowest BCUT2D eigenvalue weighted by Crippen LogP contribution is -2.45. The highest BCUT2D eigenvalue weighted by Gasteiger charge is 2.20. The molecule has 1 aromatic rings. The molecule has 0 radical (unpaired) electrons. The van der Waals surface area contributed by atoms with Crippen molar-refractivity contribution >= 4 is 5.91 Å². The fourth-order valence-electron chi connectivity index (χ4n) is 2.84. The summed E-state index contributed by atoms with van der Waals surface area (Å²) in [7, 11) is 0. The van der Waals surface area contributed by atoms with Crippen molar-refractivity contribution in [1.82, 2.24) is 10.2 Å². The van der Waals surface area contributed by atoms with Crippen LogP contribution in [0.25, 0.3) is 0 Å². The van der Waals surface area contributed by atoms with Crippen molar-refractivity contribution in [1.29, 1.82) is 0 Å². The standard InChI is InChI=1S/C17H27N3O/c1-2-20-10-8-15(9-11-20)13-19-17(21)16(18)12-14-6-4-3-5-7-14/h3-7,15-16H,2,8-13,18H2,1H3,(H,19,21)/t16-/m0/s1. The number of rotatable bonds is 6. The Morgan fingerprint density at radius 3 is 2.62 bits per heavy atom. The molecule has 1 amide bonds. The van der Waals surface area contributed by atoms with E-state index >= 15 is 0 Å². The summed E-state index contributed by atoms with van der Waals surface area (Å²) in [6.07, 6.45) is 2.94. The summed E-state index contributed by atoms with van der Waals surface area (Å²) in [4.78, 5) is 14.5. The minimum atomic E-state index is -0.455. The third-order valence-corrected chi connectivity index (χ3v) is 4.35. The van der Waals surface area contributed by atoms with Gasteiger partial charge in [-0.15, -0.1) is 0 Å². The first kappa shape index (κ1) is 16.0. The van der Waals surface area contributed by atoms with Crippen LogP contribution in [0, 0.1) is 5.92 Å². The molecular formula is C17H27N3O. The van der Waals surface area contributed by atoms with Crippen molar-refractivity contribution in [3.05, 3.63) is 35.9 Å². The van der Waals surface area contributed by atoms with Gasteiger partial charge in [-0.25, -0.2) is 0 Å². The number of benzene rings is 1. The minimum absolute atomic E-state index is 0.0308. The van der Waals surface area contributed by atoms with Crippen molar-refractivity contribution in [2.45, 2.75) is 32.2 Å². The maximum Gasteiger partial charge on any atom is 0.237 e. The van der Waals surface area contributed by atoms with E-state index in [4.69, 9.17) is 5.73 Å². The largest absolute Gasteiger partial charge is 0.354 e. The second-order valence-electron chi connectivity index (χ2n) is 5.92. The van der Waals surface area contributed by atoms with Crippen LogP contribution in [-0.4, -0.2) is 43.0 Å². The van der Waals surface area contributed by atoms with Gasteiger partial charge >= 0.3 is 0 Å². The Balaban J connectivity index is 1.69. The molecule has 1 aliphatic heterocycles.